The van der Waals surface area contributed by atoms with Crippen LogP contribution in [0.2, 0.25) is 0 Å². The SMILES string of the molecule is NCC(=O)c1cnc(CN(C(=O)N2CCOCC2)c2ccccc2)nc1. The minimum atomic E-state index is -0.221. The molecule has 0 saturated carbocycles. The molecule has 1 aromatic heterocycles. The van der Waals surface area contributed by atoms with Crippen LogP contribution in [0.3, 0.4) is 0 Å². The predicted molar refractivity (Wildman–Crippen MR) is 95.8 cm³/mol. The van der Waals surface area contributed by atoms with Crippen molar-refractivity contribution < 1.29 is 14.3 Å². The Morgan fingerprint density at radius 1 is 1.12 bits per heavy atom. The Morgan fingerprint density at radius 3 is 2.38 bits per heavy atom. The molecule has 26 heavy (non-hydrogen) atoms. The molecule has 1 fully saturated rings. The molecular formula is C18H21N5O3. The minimum Gasteiger partial charge on any atom is -0.378 e. The number of Topliss-reactive ketones (excluding diaryl/α,β-unsaturated/α-hetero) is 1. The van der Waals surface area contributed by atoms with Gasteiger partial charge in [0.25, 0.3) is 0 Å². The number of morpholine rings is 1. The highest BCUT2D eigenvalue weighted by molar-refractivity contribution is 5.97. The lowest BCUT2D eigenvalue weighted by molar-refractivity contribution is 0.0547. The lowest BCUT2D eigenvalue weighted by Crippen LogP contribution is -2.48. The zero-order chi connectivity index (χ0) is 18.4. The second-order valence-corrected chi connectivity index (χ2v) is 5.82. The highest BCUT2D eigenvalue weighted by atomic mass is 16.5. The number of hydrogen-bond donors (Lipinski definition) is 1. The summed E-state index contributed by atoms with van der Waals surface area (Å²) in [6, 6.07) is 9.25. The van der Waals surface area contributed by atoms with Crippen molar-refractivity contribution in [2.45, 2.75) is 6.54 Å². The summed E-state index contributed by atoms with van der Waals surface area (Å²) in [7, 11) is 0. The quantitative estimate of drug-likeness (QED) is 0.805. The van der Waals surface area contributed by atoms with Crippen LogP contribution in [0.15, 0.2) is 42.7 Å². The molecule has 0 aliphatic carbocycles. The third-order valence-corrected chi connectivity index (χ3v) is 4.09. The average molecular weight is 355 g/mol. The summed E-state index contributed by atoms with van der Waals surface area (Å²) in [5, 5.41) is 0. The first-order valence-electron chi connectivity index (χ1n) is 8.42. The van der Waals surface area contributed by atoms with Gasteiger partial charge in [0.2, 0.25) is 0 Å². The van der Waals surface area contributed by atoms with E-state index in [0.29, 0.717) is 37.7 Å². The Hall–Kier alpha value is -2.84. The van der Waals surface area contributed by atoms with E-state index < -0.39 is 0 Å². The number of nitrogens with two attached hydrogens (primary N) is 1. The van der Waals surface area contributed by atoms with E-state index in [-0.39, 0.29) is 24.9 Å². The predicted octanol–water partition coefficient (Wildman–Crippen LogP) is 1.08. The fraction of sp³-hybridized carbons (Fsp3) is 0.333. The molecular weight excluding hydrogens is 334 g/mol. The Kier molecular flexibility index (Phi) is 5.88. The van der Waals surface area contributed by atoms with E-state index in [0.717, 1.165) is 5.69 Å². The number of para-hydroxylation sites is 1. The summed E-state index contributed by atoms with van der Waals surface area (Å²) < 4.78 is 5.32. The van der Waals surface area contributed by atoms with Crippen LogP contribution in [0, 0.1) is 0 Å². The second kappa shape index (κ2) is 8.50. The van der Waals surface area contributed by atoms with E-state index in [1.54, 1.807) is 9.80 Å². The van der Waals surface area contributed by atoms with E-state index in [4.69, 9.17) is 10.5 Å². The fourth-order valence-electron chi connectivity index (χ4n) is 2.64. The molecule has 3 rings (SSSR count). The Bertz CT molecular complexity index is 745. The van der Waals surface area contributed by atoms with Gasteiger partial charge in [-0.1, -0.05) is 18.2 Å². The molecule has 136 valence electrons. The number of nitrogens with zero attached hydrogens (tertiary/aromatic N) is 4. The maximum atomic E-state index is 13.0. The summed E-state index contributed by atoms with van der Waals surface area (Å²) in [6.45, 7) is 2.27. The van der Waals surface area contributed by atoms with Gasteiger partial charge >= 0.3 is 6.03 Å². The number of hydrogen-bond acceptors (Lipinski definition) is 6. The van der Waals surface area contributed by atoms with Gasteiger partial charge in [-0.05, 0) is 12.1 Å². The first-order valence-corrected chi connectivity index (χ1v) is 8.42. The number of carbonyl (C=O) groups is 2. The molecule has 2 amide bonds. The molecule has 1 aromatic carbocycles. The van der Waals surface area contributed by atoms with E-state index >= 15 is 0 Å². The Labute approximate surface area is 151 Å². The number of amides is 2. The number of benzene rings is 1. The Morgan fingerprint density at radius 2 is 1.77 bits per heavy atom. The zero-order valence-electron chi connectivity index (χ0n) is 14.4. The van der Waals surface area contributed by atoms with E-state index in [2.05, 4.69) is 9.97 Å². The fourth-order valence-corrected chi connectivity index (χ4v) is 2.64. The maximum Gasteiger partial charge on any atom is 0.325 e. The van der Waals surface area contributed by atoms with Crippen LogP contribution in [-0.2, 0) is 11.3 Å². The molecule has 0 bridgehead atoms. The summed E-state index contributed by atoms with van der Waals surface area (Å²) >= 11 is 0. The molecule has 0 atom stereocenters. The first-order chi connectivity index (χ1) is 12.7. The van der Waals surface area contributed by atoms with Crippen LogP contribution >= 0.6 is 0 Å². The number of anilines is 1. The molecule has 0 radical (unpaired) electrons. The largest absolute Gasteiger partial charge is 0.378 e. The van der Waals surface area contributed by atoms with Gasteiger partial charge in [0, 0.05) is 31.2 Å². The van der Waals surface area contributed by atoms with Crippen LogP contribution in [0.1, 0.15) is 16.2 Å². The molecule has 0 unspecified atom stereocenters. The van der Waals surface area contributed by atoms with Crippen LogP contribution < -0.4 is 10.6 Å². The second-order valence-electron chi connectivity index (χ2n) is 5.82. The van der Waals surface area contributed by atoms with Crippen molar-refractivity contribution in [2.24, 2.45) is 5.73 Å². The number of urea groups is 1. The normalized spacial score (nSPS) is 14.1. The number of rotatable bonds is 5. The van der Waals surface area contributed by atoms with Crippen LogP contribution in [0.5, 0.6) is 0 Å². The highest BCUT2D eigenvalue weighted by Gasteiger charge is 2.25. The highest BCUT2D eigenvalue weighted by Crippen LogP contribution is 2.18. The molecule has 8 heteroatoms. The molecule has 2 aromatic rings. The number of ketones is 1. The van der Waals surface area contributed by atoms with Crippen LogP contribution in [-0.4, -0.2) is 59.5 Å². The summed E-state index contributed by atoms with van der Waals surface area (Å²) in [6.07, 6.45) is 2.89. The van der Waals surface area contributed by atoms with Gasteiger partial charge in [0.05, 0.1) is 31.9 Å². The average Bonchev–Trinajstić information content (AvgIpc) is 2.72. The molecule has 8 nitrogen and oxygen atoms in total. The van der Waals surface area contributed by atoms with Gasteiger partial charge in [0.1, 0.15) is 5.82 Å². The van der Waals surface area contributed by atoms with Crippen molar-refractivity contribution in [2.75, 3.05) is 37.7 Å². The lowest BCUT2D eigenvalue weighted by atomic mass is 10.2. The number of ether oxygens (including phenoxy) is 1. The van der Waals surface area contributed by atoms with Gasteiger partial charge in [0.15, 0.2) is 5.78 Å². The molecule has 2 heterocycles. The van der Waals surface area contributed by atoms with Crippen LogP contribution in [0.25, 0.3) is 0 Å². The Balaban J connectivity index is 1.81. The number of carbonyl (C=O) groups excluding carboxylic acids is 2. The van der Waals surface area contributed by atoms with Gasteiger partial charge in [-0.2, -0.15) is 0 Å². The van der Waals surface area contributed by atoms with E-state index in [1.165, 1.54) is 12.4 Å². The van der Waals surface area contributed by atoms with Gasteiger partial charge in [-0.25, -0.2) is 14.8 Å². The van der Waals surface area contributed by atoms with Gasteiger partial charge in [-0.15, -0.1) is 0 Å². The number of aromatic nitrogens is 2. The van der Waals surface area contributed by atoms with Crippen molar-refractivity contribution >= 4 is 17.5 Å². The molecule has 1 aliphatic heterocycles. The third-order valence-electron chi connectivity index (χ3n) is 4.09. The van der Waals surface area contributed by atoms with Gasteiger partial charge < -0.3 is 15.4 Å². The van der Waals surface area contributed by atoms with Crippen LogP contribution in [0.4, 0.5) is 10.5 Å². The monoisotopic (exact) mass is 355 g/mol. The molecule has 1 saturated heterocycles. The first kappa shape index (κ1) is 18.0. The van der Waals surface area contributed by atoms with Gasteiger partial charge in [-0.3, -0.25) is 9.69 Å². The molecule has 1 aliphatic rings. The van der Waals surface area contributed by atoms with Crippen molar-refractivity contribution in [3.63, 3.8) is 0 Å². The lowest BCUT2D eigenvalue weighted by Gasteiger charge is -2.32. The topological polar surface area (TPSA) is 102 Å². The third kappa shape index (κ3) is 4.22. The summed E-state index contributed by atoms with van der Waals surface area (Å²) in [5.41, 5.74) is 6.47. The van der Waals surface area contributed by atoms with Crippen molar-refractivity contribution in [3.8, 4) is 0 Å². The summed E-state index contributed by atoms with van der Waals surface area (Å²) in [5.74, 6) is 0.227. The van der Waals surface area contributed by atoms with E-state index in [1.807, 2.05) is 30.3 Å². The smallest absolute Gasteiger partial charge is 0.325 e. The minimum absolute atomic E-state index is 0.0889. The van der Waals surface area contributed by atoms with Crippen molar-refractivity contribution in [3.05, 3.63) is 54.1 Å². The van der Waals surface area contributed by atoms with Crippen molar-refractivity contribution in [1.82, 2.24) is 14.9 Å². The summed E-state index contributed by atoms with van der Waals surface area (Å²) in [4.78, 5) is 36.4. The molecule has 2 N–H and O–H groups in total. The zero-order valence-corrected chi connectivity index (χ0v) is 14.4. The standard InChI is InChI=1S/C18H21N5O3/c19-10-16(24)14-11-20-17(21-12-14)13-23(15-4-2-1-3-5-15)18(25)22-6-8-26-9-7-22/h1-5,11-12H,6-10,13,19H2. The van der Waals surface area contributed by atoms with E-state index in [9.17, 15) is 9.59 Å². The maximum absolute atomic E-state index is 13.0. The van der Waals surface area contributed by atoms with Crippen molar-refractivity contribution in [1.29, 1.82) is 0 Å². The molecule has 0 spiro atoms.